The maximum atomic E-state index is 12.9. The molecular weight excluding hydrogens is 416 g/mol. The van der Waals surface area contributed by atoms with Crippen molar-refractivity contribution in [1.82, 2.24) is 0 Å². The Labute approximate surface area is 193 Å². The topological polar surface area (TPSA) is 72.8 Å². The van der Waals surface area contributed by atoms with Crippen LogP contribution in [0.1, 0.15) is 73.1 Å². The number of aliphatic hydroxyl groups excluding tert-OH is 1. The molecule has 176 valence electrons. The average Bonchev–Trinajstić information content (AvgIpc) is 2.66. The van der Waals surface area contributed by atoms with E-state index in [0.717, 1.165) is 25.7 Å². The second-order valence-electron chi connectivity index (χ2n) is 10.3. The number of aliphatic hydroxyl groups is 1. The fraction of sp³-hybridized carbons (Fsp3) is 0.760. The number of carbonyl (C=O) groups is 2. The monoisotopic (exact) mass is 454 g/mol. The molecule has 0 aromatic heterocycles. The molecule has 1 N–H and O–H groups in total. The molecule has 31 heavy (non-hydrogen) atoms. The van der Waals surface area contributed by atoms with E-state index in [1.165, 1.54) is 5.57 Å². The average molecular weight is 455 g/mol. The highest BCUT2D eigenvalue weighted by atomic mass is 35.5. The zero-order valence-electron chi connectivity index (χ0n) is 19.5. The van der Waals surface area contributed by atoms with Crippen molar-refractivity contribution in [3.8, 4) is 0 Å². The van der Waals surface area contributed by atoms with Crippen molar-refractivity contribution in [2.75, 3.05) is 0 Å². The third-order valence-electron chi connectivity index (χ3n) is 7.35. The SMILES string of the molecule is CCC(C)(C)C(=O)O[C@H]1C[C@@H](C)C=C2C=C[C@H](C)[C@H](CC[C@@H]3C[C@@H](O)CC(=O)O3)[C@H]21.Cl. The number of fused-ring (bicyclic) bond motifs is 1. The van der Waals surface area contributed by atoms with Gasteiger partial charge in [0.25, 0.3) is 0 Å². The third kappa shape index (κ3) is 6.13. The lowest BCUT2D eigenvalue weighted by Crippen LogP contribution is -2.43. The summed E-state index contributed by atoms with van der Waals surface area (Å²) in [6.07, 6.45) is 9.61. The van der Waals surface area contributed by atoms with Crippen LogP contribution in [0, 0.1) is 29.1 Å². The highest BCUT2D eigenvalue weighted by molar-refractivity contribution is 5.85. The zero-order chi connectivity index (χ0) is 22.1. The quantitative estimate of drug-likeness (QED) is 0.571. The van der Waals surface area contributed by atoms with E-state index in [2.05, 4.69) is 32.1 Å². The molecule has 6 heteroatoms. The Bertz CT molecular complexity index is 713. The van der Waals surface area contributed by atoms with Crippen LogP contribution in [0.3, 0.4) is 0 Å². The van der Waals surface area contributed by atoms with Crippen LogP contribution in [0.2, 0.25) is 0 Å². The molecule has 1 fully saturated rings. The molecule has 3 aliphatic rings. The summed E-state index contributed by atoms with van der Waals surface area (Å²) in [5.74, 6) is 0.776. The molecule has 7 atom stereocenters. The van der Waals surface area contributed by atoms with Gasteiger partial charge in [-0.05, 0) is 62.9 Å². The van der Waals surface area contributed by atoms with Gasteiger partial charge in [-0.2, -0.15) is 0 Å². The Morgan fingerprint density at radius 2 is 1.97 bits per heavy atom. The van der Waals surface area contributed by atoms with Crippen molar-refractivity contribution < 1.29 is 24.2 Å². The van der Waals surface area contributed by atoms with Crippen molar-refractivity contribution in [3.05, 3.63) is 23.8 Å². The highest BCUT2D eigenvalue weighted by Crippen LogP contribution is 2.45. The molecule has 0 radical (unpaired) electrons. The number of hydrogen-bond donors (Lipinski definition) is 1. The van der Waals surface area contributed by atoms with Crippen molar-refractivity contribution in [2.45, 2.75) is 91.5 Å². The Balaban J connectivity index is 0.00000341. The van der Waals surface area contributed by atoms with Gasteiger partial charge in [-0.15, -0.1) is 12.4 Å². The summed E-state index contributed by atoms with van der Waals surface area (Å²) >= 11 is 0. The summed E-state index contributed by atoms with van der Waals surface area (Å²) < 4.78 is 11.6. The number of esters is 2. The molecule has 1 heterocycles. The van der Waals surface area contributed by atoms with Crippen molar-refractivity contribution >= 4 is 24.3 Å². The zero-order valence-corrected chi connectivity index (χ0v) is 20.3. The minimum atomic E-state index is -0.601. The number of carbonyl (C=O) groups excluding carboxylic acids is 2. The van der Waals surface area contributed by atoms with Gasteiger partial charge in [0, 0.05) is 12.3 Å². The van der Waals surface area contributed by atoms with Gasteiger partial charge in [-0.25, -0.2) is 0 Å². The first kappa shape index (κ1) is 25.9. The van der Waals surface area contributed by atoms with E-state index in [9.17, 15) is 14.7 Å². The van der Waals surface area contributed by atoms with E-state index in [4.69, 9.17) is 9.47 Å². The Morgan fingerprint density at radius 3 is 2.61 bits per heavy atom. The molecule has 0 bridgehead atoms. The van der Waals surface area contributed by atoms with Crippen LogP contribution in [0.4, 0.5) is 0 Å². The van der Waals surface area contributed by atoms with E-state index in [1.54, 1.807) is 0 Å². The van der Waals surface area contributed by atoms with E-state index < -0.39 is 11.5 Å². The fourth-order valence-electron chi connectivity index (χ4n) is 5.08. The first-order chi connectivity index (χ1) is 14.1. The van der Waals surface area contributed by atoms with Gasteiger partial charge in [0.1, 0.15) is 12.2 Å². The van der Waals surface area contributed by atoms with Crippen LogP contribution in [-0.2, 0) is 19.1 Å². The van der Waals surface area contributed by atoms with Crippen LogP contribution >= 0.6 is 12.4 Å². The standard InChI is InChI=1S/C25H38O5.ClH/c1-6-25(4,5)24(28)30-21-12-15(2)11-17-8-7-16(3)20(23(17)21)10-9-19-13-18(26)14-22(27)29-19;/h7-8,11,15-16,18-21,23,26H,6,9-10,12-14H2,1-5H3;1H/t15-,16-,18+,19+,20-,21-,23-;/m0./s1. The maximum Gasteiger partial charge on any atom is 0.311 e. The van der Waals surface area contributed by atoms with Gasteiger partial charge >= 0.3 is 11.9 Å². The normalized spacial score (nSPS) is 35.4. The summed E-state index contributed by atoms with van der Waals surface area (Å²) in [5, 5.41) is 9.92. The lowest BCUT2D eigenvalue weighted by atomic mass is 9.65. The van der Waals surface area contributed by atoms with Crippen LogP contribution < -0.4 is 0 Å². The lowest BCUT2D eigenvalue weighted by Gasteiger charge is -2.44. The molecule has 0 saturated carbocycles. The number of hydrogen-bond acceptors (Lipinski definition) is 5. The predicted octanol–water partition coefficient (Wildman–Crippen LogP) is 5.01. The number of ether oxygens (including phenoxy) is 2. The highest BCUT2D eigenvalue weighted by Gasteiger charge is 2.43. The van der Waals surface area contributed by atoms with Gasteiger partial charge in [0.2, 0.25) is 0 Å². The van der Waals surface area contributed by atoms with Gasteiger partial charge in [0.15, 0.2) is 0 Å². The minimum Gasteiger partial charge on any atom is -0.462 e. The van der Waals surface area contributed by atoms with Crippen molar-refractivity contribution in [1.29, 1.82) is 0 Å². The van der Waals surface area contributed by atoms with Crippen LogP contribution in [0.5, 0.6) is 0 Å². The van der Waals surface area contributed by atoms with Gasteiger partial charge in [0.05, 0.1) is 17.9 Å². The largest absolute Gasteiger partial charge is 0.462 e. The molecular formula is C25H39ClO5. The molecule has 3 rings (SSSR count). The molecule has 0 amide bonds. The van der Waals surface area contributed by atoms with E-state index in [1.807, 2.05) is 20.8 Å². The molecule has 0 aromatic carbocycles. The molecule has 0 unspecified atom stereocenters. The molecule has 0 spiro atoms. The summed E-state index contributed by atoms with van der Waals surface area (Å²) in [6.45, 7) is 10.3. The van der Waals surface area contributed by atoms with Gasteiger partial charge < -0.3 is 14.6 Å². The van der Waals surface area contributed by atoms with Crippen LogP contribution in [0.25, 0.3) is 0 Å². The second-order valence-corrected chi connectivity index (χ2v) is 10.3. The second kappa shape index (κ2) is 10.5. The number of halogens is 1. The van der Waals surface area contributed by atoms with E-state index >= 15 is 0 Å². The molecule has 1 saturated heterocycles. The fourth-order valence-corrected chi connectivity index (χ4v) is 5.08. The summed E-state index contributed by atoms with van der Waals surface area (Å²) in [7, 11) is 0. The summed E-state index contributed by atoms with van der Waals surface area (Å²) in [6, 6.07) is 0. The van der Waals surface area contributed by atoms with Crippen molar-refractivity contribution in [3.63, 3.8) is 0 Å². The van der Waals surface area contributed by atoms with E-state index in [0.29, 0.717) is 24.2 Å². The number of allylic oxidation sites excluding steroid dienone is 3. The van der Waals surface area contributed by atoms with Gasteiger partial charge in [-0.1, -0.05) is 39.0 Å². The lowest BCUT2D eigenvalue weighted by molar-refractivity contribution is -0.166. The van der Waals surface area contributed by atoms with Crippen LogP contribution in [0.15, 0.2) is 23.8 Å². The Morgan fingerprint density at radius 1 is 1.26 bits per heavy atom. The Hall–Kier alpha value is -1.33. The molecule has 2 aliphatic carbocycles. The number of cyclic esters (lactones) is 1. The van der Waals surface area contributed by atoms with Gasteiger partial charge in [-0.3, -0.25) is 9.59 Å². The number of rotatable bonds is 6. The summed E-state index contributed by atoms with van der Waals surface area (Å²) in [5.41, 5.74) is 0.785. The van der Waals surface area contributed by atoms with Crippen molar-refractivity contribution in [2.24, 2.45) is 29.1 Å². The maximum absolute atomic E-state index is 12.9. The first-order valence-corrected chi connectivity index (χ1v) is 11.6. The molecule has 5 nitrogen and oxygen atoms in total. The molecule has 0 aromatic rings. The predicted molar refractivity (Wildman–Crippen MR) is 123 cm³/mol. The van der Waals surface area contributed by atoms with E-state index in [-0.39, 0.29) is 48.9 Å². The Kier molecular flexibility index (Phi) is 8.80. The van der Waals surface area contributed by atoms with Crippen LogP contribution in [-0.4, -0.2) is 35.4 Å². The minimum absolute atomic E-state index is 0. The smallest absolute Gasteiger partial charge is 0.311 e. The third-order valence-corrected chi connectivity index (χ3v) is 7.35. The molecule has 1 aliphatic heterocycles. The first-order valence-electron chi connectivity index (χ1n) is 11.6. The summed E-state index contributed by atoms with van der Waals surface area (Å²) in [4.78, 5) is 24.6.